The fraction of sp³-hybridized carbons (Fsp3) is 0.500. The highest BCUT2D eigenvalue weighted by Gasteiger charge is 2.26. The van der Waals surface area contributed by atoms with Gasteiger partial charge in [0.15, 0.2) is 0 Å². The highest BCUT2D eigenvalue weighted by Crippen LogP contribution is 2.41. The Labute approximate surface area is 144 Å². The summed E-state index contributed by atoms with van der Waals surface area (Å²) >= 11 is 1.26. The molecule has 1 aliphatic carbocycles. The predicted molar refractivity (Wildman–Crippen MR) is 91.9 cm³/mol. The number of aromatic nitrogens is 1. The summed E-state index contributed by atoms with van der Waals surface area (Å²) in [5, 5.41) is 0.671. The SMILES string of the molecule is Cc1nsc(OC2CCC2)c1-c1cc(F)c(N2CCCC2)c(F)c1. The zero-order valence-corrected chi connectivity index (χ0v) is 14.5. The molecule has 1 aromatic heterocycles. The van der Waals surface area contributed by atoms with Crippen molar-refractivity contribution >= 4 is 17.2 Å². The molecule has 1 aromatic carbocycles. The Bertz CT molecular complexity index is 728. The fourth-order valence-electron chi connectivity index (χ4n) is 3.35. The van der Waals surface area contributed by atoms with Crippen molar-refractivity contribution < 1.29 is 13.5 Å². The fourth-order valence-corrected chi connectivity index (χ4v) is 4.20. The molecule has 1 saturated heterocycles. The number of rotatable bonds is 4. The summed E-state index contributed by atoms with van der Waals surface area (Å²) in [6.45, 7) is 3.27. The van der Waals surface area contributed by atoms with Crippen LogP contribution in [0, 0.1) is 18.6 Å². The topological polar surface area (TPSA) is 25.4 Å². The minimum atomic E-state index is -0.507. The third-order valence-corrected chi connectivity index (χ3v) is 5.72. The van der Waals surface area contributed by atoms with Crippen molar-refractivity contribution in [1.29, 1.82) is 0 Å². The number of ether oxygens (including phenoxy) is 1. The van der Waals surface area contributed by atoms with Gasteiger partial charge < -0.3 is 9.64 Å². The molecule has 3 nitrogen and oxygen atoms in total. The third kappa shape index (κ3) is 2.77. The molecule has 24 heavy (non-hydrogen) atoms. The highest BCUT2D eigenvalue weighted by atomic mass is 32.1. The summed E-state index contributed by atoms with van der Waals surface area (Å²) in [6.07, 6.45) is 5.41. The van der Waals surface area contributed by atoms with E-state index in [-0.39, 0.29) is 11.8 Å². The molecular formula is C18H20F2N2OS. The van der Waals surface area contributed by atoms with Gasteiger partial charge in [-0.05, 0) is 56.7 Å². The van der Waals surface area contributed by atoms with E-state index in [0.29, 0.717) is 23.7 Å². The van der Waals surface area contributed by atoms with Gasteiger partial charge in [0.05, 0.1) is 17.4 Å². The van der Waals surface area contributed by atoms with Gasteiger partial charge in [-0.3, -0.25) is 0 Å². The molecule has 0 amide bonds. The van der Waals surface area contributed by atoms with Crippen molar-refractivity contribution in [2.75, 3.05) is 18.0 Å². The van der Waals surface area contributed by atoms with Gasteiger partial charge in [0.1, 0.15) is 17.3 Å². The van der Waals surface area contributed by atoms with Crippen LogP contribution in [-0.4, -0.2) is 23.6 Å². The lowest BCUT2D eigenvalue weighted by Crippen LogP contribution is -2.24. The molecule has 0 bridgehead atoms. The van der Waals surface area contributed by atoms with E-state index < -0.39 is 11.6 Å². The van der Waals surface area contributed by atoms with Crippen molar-refractivity contribution in [3.8, 4) is 16.2 Å². The van der Waals surface area contributed by atoms with Crippen LogP contribution < -0.4 is 9.64 Å². The maximum absolute atomic E-state index is 14.6. The molecule has 1 aliphatic heterocycles. The molecule has 0 N–H and O–H groups in total. The lowest BCUT2D eigenvalue weighted by atomic mass is 9.96. The Morgan fingerprint density at radius 1 is 1.12 bits per heavy atom. The molecule has 1 saturated carbocycles. The molecule has 2 aromatic rings. The van der Waals surface area contributed by atoms with E-state index in [1.807, 2.05) is 6.92 Å². The van der Waals surface area contributed by atoms with Crippen molar-refractivity contribution in [3.05, 3.63) is 29.5 Å². The molecule has 2 fully saturated rings. The quantitative estimate of drug-likeness (QED) is 0.782. The van der Waals surface area contributed by atoms with E-state index in [1.54, 1.807) is 4.90 Å². The number of hydrogen-bond donors (Lipinski definition) is 0. The van der Waals surface area contributed by atoms with E-state index >= 15 is 0 Å². The summed E-state index contributed by atoms with van der Waals surface area (Å²) in [5.74, 6) is -1.01. The standard InChI is InChI=1S/C18H20F2N2OS/c1-11-16(18(24-21-11)23-13-5-4-6-13)12-9-14(19)17(15(20)10-12)22-7-2-3-8-22/h9-10,13H,2-8H2,1H3. The average molecular weight is 350 g/mol. The van der Waals surface area contributed by atoms with Crippen LogP contribution in [0.3, 0.4) is 0 Å². The lowest BCUT2D eigenvalue weighted by Gasteiger charge is -2.26. The van der Waals surface area contributed by atoms with E-state index in [2.05, 4.69) is 4.37 Å². The molecular weight excluding hydrogens is 330 g/mol. The summed E-state index contributed by atoms with van der Waals surface area (Å²) in [7, 11) is 0. The van der Waals surface area contributed by atoms with Crippen molar-refractivity contribution in [2.24, 2.45) is 0 Å². The maximum atomic E-state index is 14.6. The first-order valence-electron chi connectivity index (χ1n) is 8.51. The van der Waals surface area contributed by atoms with Gasteiger partial charge in [-0.25, -0.2) is 8.78 Å². The van der Waals surface area contributed by atoms with Gasteiger partial charge in [0.25, 0.3) is 0 Å². The van der Waals surface area contributed by atoms with E-state index in [0.717, 1.165) is 36.9 Å². The Morgan fingerprint density at radius 3 is 2.38 bits per heavy atom. The molecule has 128 valence electrons. The number of halogens is 2. The van der Waals surface area contributed by atoms with Crippen LogP contribution in [0.5, 0.6) is 5.06 Å². The molecule has 2 aliphatic rings. The Kier molecular flexibility index (Phi) is 4.16. The van der Waals surface area contributed by atoms with E-state index in [1.165, 1.54) is 30.1 Å². The van der Waals surface area contributed by atoms with Gasteiger partial charge in [-0.2, -0.15) is 4.37 Å². The van der Waals surface area contributed by atoms with E-state index in [9.17, 15) is 8.78 Å². The van der Waals surface area contributed by atoms with Gasteiger partial charge in [-0.15, -0.1) is 0 Å². The zero-order valence-electron chi connectivity index (χ0n) is 13.6. The molecule has 0 radical (unpaired) electrons. The first kappa shape index (κ1) is 15.8. The summed E-state index contributed by atoms with van der Waals surface area (Å²) < 4.78 is 39.5. The number of aryl methyl sites for hydroxylation is 1. The third-order valence-electron chi connectivity index (χ3n) is 4.89. The lowest BCUT2D eigenvalue weighted by molar-refractivity contribution is 0.125. The first-order valence-corrected chi connectivity index (χ1v) is 9.28. The van der Waals surface area contributed by atoms with Gasteiger partial charge in [-0.1, -0.05) is 0 Å². The largest absolute Gasteiger partial charge is 0.479 e. The first-order chi connectivity index (χ1) is 11.6. The Morgan fingerprint density at radius 2 is 1.79 bits per heavy atom. The van der Waals surface area contributed by atoms with Crippen LogP contribution in [0.2, 0.25) is 0 Å². The number of benzene rings is 1. The molecule has 0 unspecified atom stereocenters. The van der Waals surface area contributed by atoms with Crippen LogP contribution in [-0.2, 0) is 0 Å². The van der Waals surface area contributed by atoms with Crippen LogP contribution >= 0.6 is 11.5 Å². The summed E-state index contributed by atoms with van der Waals surface area (Å²) in [5.41, 5.74) is 2.08. The van der Waals surface area contributed by atoms with Crippen LogP contribution in [0.1, 0.15) is 37.8 Å². The van der Waals surface area contributed by atoms with Gasteiger partial charge in [0.2, 0.25) is 5.06 Å². The Hall–Kier alpha value is -1.69. The van der Waals surface area contributed by atoms with Crippen LogP contribution in [0.25, 0.3) is 11.1 Å². The molecule has 0 atom stereocenters. The van der Waals surface area contributed by atoms with Gasteiger partial charge >= 0.3 is 0 Å². The van der Waals surface area contributed by atoms with Crippen LogP contribution in [0.15, 0.2) is 12.1 Å². The number of nitrogens with zero attached hydrogens (tertiary/aromatic N) is 2. The second-order valence-electron chi connectivity index (χ2n) is 6.58. The number of hydrogen-bond acceptors (Lipinski definition) is 4. The predicted octanol–water partition coefficient (Wildman–Crippen LogP) is 4.93. The monoisotopic (exact) mass is 350 g/mol. The maximum Gasteiger partial charge on any atom is 0.201 e. The van der Waals surface area contributed by atoms with Crippen molar-refractivity contribution in [3.63, 3.8) is 0 Å². The minimum absolute atomic E-state index is 0.0959. The molecule has 6 heteroatoms. The van der Waals surface area contributed by atoms with Crippen molar-refractivity contribution in [1.82, 2.24) is 4.37 Å². The minimum Gasteiger partial charge on any atom is -0.479 e. The summed E-state index contributed by atoms with van der Waals surface area (Å²) in [6, 6.07) is 2.84. The molecule has 0 spiro atoms. The van der Waals surface area contributed by atoms with Crippen LogP contribution in [0.4, 0.5) is 14.5 Å². The second-order valence-corrected chi connectivity index (χ2v) is 7.32. The molecule has 2 heterocycles. The normalized spacial score (nSPS) is 18.0. The average Bonchev–Trinajstić information content (AvgIpc) is 3.12. The second kappa shape index (κ2) is 6.31. The summed E-state index contributed by atoms with van der Waals surface area (Å²) in [4.78, 5) is 1.79. The van der Waals surface area contributed by atoms with Gasteiger partial charge in [0, 0.05) is 24.6 Å². The zero-order chi connectivity index (χ0) is 16.7. The highest BCUT2D eigenvalue weighted by molar-refractivity contribution is 7.08. The molecule has 4 rings (SSSR count). The Balaban J connectivity index is 1.70. The smallest absolute Gasteiger partial charge is 0.201 e. The van der Waals surface area contributed by atoms with E-state index in [4.69, 9.17) is 4.74 Å². The number of anilines is 1. The van der Waals surface area contributed by atoms with Crippen molar-refractivity contribution in [2.45, 2.75) is 45.1 Å².